The van der Waals surface area contributed by atoms with E-state index in [4.69, 9.17) is 4.74 Å². The van der Waals surface area contributed by atoms with Gasteiger partial charge >= 0.3 is 0 Å². The Kier molecular flexibility index (Phi) is 5.05. The molecule has 2 rings (SSSR count). The summed E-state index contributed by atoms with van der Waals surface area (Å²) in [5.74, 6) is -0.241. The molecule has 0 aliphatic rings. The number of hydrogen-bond donors (Lipinski definition) is 1. The minimum atomic E-state index is -0.241. The second kappa shape index (κ2) is 6.78. The van der Waals surface area contributed by atoms with Crippen LogP contribution in [0.1, 0.15) is 28.4 Å². The monoisotopic (exact) mass is 310 g/mol. The Bertz CT molecular complexity index is 603. The van der Waals surface area contributed by atoms with Crippen molar-refractivity contribution < 1.29 is 9.53 Å². The van der Waals surface area contributed by atoms with Crippen LogP contribution in [0.5, 0.6) is 0 Å². The maximum absolute atomic E-state index is 12.2. The van der Waals surface area contributed by atoms with Crippen molar-refractivity contribution in [2.75, 3.05) is 18.7 Å². The molecule has 1 amide bonds. The molecule has 2 aromatic heterocycles. The van der Waals surface area contributed by atoms with Crippen LogP contribution in [0.25, 0.3) is 0 Å². The molecule has 2 heterocycles. The summed E-state index contributed by atoms with van der Waals surface area (Å²) in [5, 5.41) is 12.5. The molecular formula is C12H14N4O2S2. The number of carbonyl (C=O) groups is 1. The van der Waals surface area contributed by atoms with E-state index in [2.05, 4.69) is 20.5 Å². The first-order valence-electron chi connectivity index (χ1n) is 5.82. The zero-order valence-corrected chi connectivity index (χ0v) is 12.9. The van der Waals surface area contributed by atoms with Crippen LogP contribution in [0, 0.1) is 0 Å². The van der Waals surface area contributed by atoms with E-state index in [0.29, 0.717) is 15.7 Å². The van der Waals surface area contributed by atoms with Gasteiger partial charge in [-0.05, 0) is 25.3 Å². The highest BCUT2D eigenvalue weighted by Gasteiger charge is 2.16. The number of amides is 1. The predicted molar refractivity (Wildman–Crippen MR) is 79.3 cm³/mol. The number of nitrogens with one attached hydrogen (secondary N) is 1. The van der Waals surface area contributed by atoms with Gasteiger partial charge in [-0.1, -0.05) is 11.3 Å². The second-order valence-electron chi connectivity index (χ2n) is 3.84. The Morgan fingerprint density at radius 2 is 2.30 bits per heavy atom. The molecule has 0 saturated carbocycles. The van der Waals surface area contributed by atoms with E-state index in [1.54, 1.807) is 25.4 Å². The van der Waals surface area contributed by atoms with Gasteiger partial charge in [0.25, 0.3) is 5.91 Å². The molecule has 1 atom stereocenters. The van der Waals surface area contributed by atoms with Crippen LogP contribution in [0.15, 0.2) is 23.4 Å². The molecule has 0 fully saturated rings. The quantitative estimate of drug-likeness (QED) is 0.855. The first-order chi connectivity index (χ1) is 9.65. The van der Waals surface area contributed by atoms with Crippen molar-refractivity contribution >= 4 is 34.1 Å². The Morgan fingerprint density at radius 1 is 1.50 bits per heavy atom. The Balaban J connectivity index is 2.13. The van der Waals surface area contributed by atoms with Crippen molar-refractivity contribution in [3.05, 3.63) is 28.9 Å². The second-order valence-corrected chi connectivity index (χ2v) is 5.64. The highest BCUT2D eigenvalue weighted by atomic mass is 32.2. The van der Waals surface area contributed by atoms with Crippen LogP contribution in [-0.2, 0) is 4.74 Å². The highest BCUT2D eigenvalue weighted by Crippen LogP contribution is 2.24. The molecule has 6 nitrogen and oxygen atoms in total. The molecule has 0 aliphatic heterocycles. The van der Waals surface area contributed by atoms with Gasteiger partial charge < -0.3 is 4.74 Å². The van der Waals surface area contributed by atoms with E-state index in [-0.39, 0.29) is 12.0 Å². The molecule has 2 aromatic rings. The number of ether oxygens (including phenoxy) is 1. The van der Waals surface area contributed by atoms with Crippen LogP contribution in [0.2, 0.25) is 0 Å². The average Bonchev–Trinajstić information content (AvgIpc) is 2.94. The van der Waals surface area contributed by atoms with E-state index >= 15 is 0 Å². The number of anilines is 1. The van der Waals surface area contributed by atoms with Gasteiger partial charge in [-0.3, -0.25) is 10.1 Å². The summed E-state index contributed by atoms with van der Waals surface area (Å²) in [6.45, 7) is 1.87. The van der Waals surface area contributed by atoms with Crippen LogP contribution in [0.4, 0.5) is 5.13 Å². The van der Waals surface area contributed by atoms with E-state index in [1.807, 2.05) is 13.2 Å². The standard InChI is InChI=1S/C12H14N4O2S2/c1-7(18-2)10-15-16-12(20-10)14-9(17)8-5-4-6-13-11(8)19-3/h4-7H,1-3H3,(H,14,16,17). The van der Waals surface area contributed by atoms with Gasteiger partial charge in [-0.25, -0.2) is 4.98 Å². The minimum Gasteiger partial charge on any atom is -0.374 e. The van der Waals surface area contributed by atoms with Crippen molar-refractivity contribution in [2.24, 2.45) is 0 Å². The number of thioether (sulfide) groups is 1. The van der Waals surface area contributed by atoms with Crippen molar-refractivity contribution in [2.45, 2.75) is 18.1 Å². The summed E-state index contributed by atoms with van der Waals surface area (Å²) in [7, 11) is 1.60. The van der Waals surface area contributed by atoms with Crippen molar-refractivity contribution in [1.82, 2.24) is 15.2 Å². The van der Waals surface area contributed by atoms with E-state index in [0.717, 1.165) is 5.01 Å². The number of aromatic nitrogens is 3. The number of nitrogens with zero attached hydrogens (tertiary/aromatic N) is 3. The molecule has 1 N–H and O–H groups in total. The predicted octanol–water partition coefficient (Wildman–Crippen LogP) is 2.61. The third kappa shape index (κ3) is 3.33. The van der Waals surface area contributed by atoms with Gasteiger partial charge in [0.1, 0.15) is 16.1 Å². The molecule has 8 heteroatoms. The zero-order valence-electron chi connectivity index (χ0n) is 11.3. The van der Waals surface area contributed by atoms with Crippen LogP contribution < -0.4 is 5.32 Å². The summed E-state index contributed by atoms with van der Waals surface area (Å²) in [5.41, 5.74) is 0.525. The van der Waals surface area contributed by atoms with Gasteiger partial charge in [0, 0.05) is 13.3 Å². The molecule has 0 saturated heterocycles. The first-order valence-corrected chi connectivity index (χ1v) is 7.86. The van der Waals surface area contributed by atoms with Gasteiger partial charge in [-0.15, -0.1) is 22.0 Å². The summed E-state index contributed by atoms with van der Waals surface area (Å²) < 4.78 is 5.16. The lowest BCUT2D eigenvalue weighted by Crippen LogP contribution is -2.13. The molecule has 106 valence electrons. The lowest BCUT2D eigenvalue weighted by atomic mass is 10.3. The normalized spacial score (nSPS) is 12.2. The molecule has 0 aromatic carbocycles. The molecule has 0 spiro atoms. The largest absolute Gasteiger partial charge is 0.374 e. The number of methoxy groups -OCH3 is 1. The molecule has 0 radical (unpaired) electrons. The summed E-state index contributed by atoms with van der Waals surface area (Å²) in [6.07, 6.45) is 3.40. The van der Waals surface area contributed by atoms with Crippen molar-refractivity contribution in [1.29, 1.82) is 0 Å². The SMILES string of the molecule is COC(C)c1nnc(NC(=O)c2cccnc2SC)s1. The topological polar surface area (TPSA) is 77.0 Å². The molecule has 0 bridgehead atoms. The fraction of sp³-hybridized carbons (Fsp3) is 0.333. The van der Waals surface area contributed by atoms with Gasteiger partial charge in [0.2, 0.25) is 5.13 Å². The minimum absolute atomic E-state index is 0.140. The van der Waals surface area contributed by atoms with Crippen molar-refractivity contribution in [3.8, 4) is 0 Å². The Labute approximate surface area is 125 Å². The van der Waals surface area contributed by atoms with Gasteiger partial charge in [0.15, 0.2) is 0 Å². The Hall–Kier alpha value is -1.51. The number of carbonyl (C=O) groups excluding carboxylic acids is 1. The Morgan fingerprint density at radius 3 is 3.00 bits per heavy atom. The first kappa shape index (κ1) is 14.9. The number of rotatable bonds is 5. The number of pyridine rings is 1. The zero-order chi connectivity index (χ0) is 14.5. The maximum Gasteiger partial charge on any atom is 0.260 e. The third-order valence-electron chi connectivity index (χ3n) is 2.57. The number of hydrogen-bond acceptors (Lipinski definition) is 7. The van der Waals surface area contributed by atoms with Crippen LogP contribution >= 0.6 is 23.1 Å². The maximum atomic E-state index is 12.2. The fourth-order valence-electron chi connectivity index (χ4n) is 1.44. The summed E-state index contributed by atoms with van der Waals surface area (Å²) in [6, 6.07) is 3.46. The molecular weight excluding hydrogens is 296 g/mol. The molecule has 20 heavy (non-hydrogen) atoms. The summed E-state index contributed by atoms with van der Waals surface area (Å²) >= 11 is 2.72. The molecule has 1 unspecified atom stereocenters. The third-order valence-corrected chi connectivity index (χ3v) is 4.28. The van der Waals surface area contributed by atoms with Crippen LogP contribution in [0.3, 0.4) is 0 Å². The highest BCUT2D eigenvalue weighted by molar-refractivity contribution is 7.98. The van der Waals surface area contributed by atoms with Gasteiger partial charge in [0.05, 0.1) is 5.56 Å². The van der Waals surface area contributed by atoms with Crippen molar-refractivity contribution in [3.63, 3.8) is 0 Å². The average molecular weight is 310 g/mol. The summed E-state index contributed by atoms with van der Waals surface area (Å²) in [4.78, 5) is 16.3. The van der Waals surface area contributed by atoms with E-state index in [9.17, 15) is 4.79 Å². The van der Waals surface area contributed by atoms with Crippen LogP contribution in [-0.4, -0.2) is 34.5 Å². The smallest absolute Gasteiger partial charge is 0.260 e. The molecule has 0 aliphatic carbocycles. The van der Waals surface area contributed by atoms with E-state index in [1.165, 1.54) is 23.1 Å². The lowest BCUT2D eigenvalue weighted by molar-refractivity contribution is 0.102. The van der Waals surface area contributed by atoms with Gasteiger partial charge in [-0.2, -0.15) is 0 Å². The fourth-order valence-corrected chi connectivity index (χ4v) is 2.76. The van der Waals surface area contributed by atoms with E-state index < -0.39 is 0 Å². The lowest BCUT2D eigenvalue weighted by Gasteiger charge is -2.05.